The van der Waals surface area contributed by atoms with Gasteiger partial charge in [0.05, 0.1) is 6.61 Å². The molecule has 1 atom stereocenters. The number of allylic oxidation sites excluding steroid dienone is 1. The van der Waals surface area contributed by atoms with Gasteiger partial charge in [0.25, 0.3) is 0 Å². The molecule has 0 radical (unpaired) electrons. The van der Waals surface area contributed by atoms with Crippen LogP contribution in [0, 0.1) is 0 Å². The number of aliphatic hydroxyl groups is 1. The van der Waals surface area contributed by atoms with Crippen LogP contribution in [0.3, 0.4) is 0 Å². The summed E-state index contributed by atoms with van der Waals surface area (Å²) < 4.78 is 11.8. The molecule has 0 bridgehead atoms. The van der Waals surface area contributed by atoms with Gasteiger partial charge in [-0.15, -0.1) is 6.58 Å². The molecule has 0 aromatic heterocycles. The van der Waals surface area contributed by atoms with Crippen molar-refractivity contribution in [3.05, 3.63) is 12.7 Å². The molecule has 42 valence electrons. The van der Waals surface area contributed by atoms with Crippen LogP contribution < -0.4 is 0 Å². The van der Waals surface area contributed by atoms with Crippen molar-refractivity contribution < 1.29 is 9.50 Å². The molecule has 0 saturated carbocycles. The van der Waals surface area contributed by atoms with Crippen LogP contribution in [0.5, 0.6) is 0 Å². The van der Waals surface area contributed by atoms with Crippen LogP contribution in [0.25, 0.3) is 0 Å². The lowest BCUT2D eigenvalue weighted by atomic mass is 10.3. The molecule has 0 fully saturated rings. The highest BCUT2D eigenvalue weighted by Crippen LogP contribution is 1.94. The summed E-state index contributed by atoms with van der Waals surface area (Å²) >= 11 is 0. The second-order valence-corrected chi connectivity index (χ2v) is 1.30. The standard InChI is InChI=1S/C5H9FO/c1-2-3-5(6)4-7/h2,5,7H,1,3-4H2/t5-/m0/s1. The van der Waals surface area contributed by atoms with Crippen molar-refractivity contribution in [2.45, 2.75) is 12.6 Å². The van der Waals surface area contributed by atoms with Crippen LogP contribution in [0.4, 0.5) is 4.39 Å². The topological polar surface area (TPSA) is 20.2 Å². The van der Waals surface area contributed by atoms with E-state index in [9.17, 15) is 4.39 Å². The van der Waals surface area contributed by atoms with Gasteiger partial charge in [0.2, 0.25) is 0 Å². The first kappa shape index (κ1) is 6.63. The van der Waals surface area contributed by atoms with Crippen molar-refractivity contribution in [2.75, 3.05) is 6.61 Å². The molecule has 0 aliphatic heterocycles. The van der Waals surface area contributed by atoms with Crippen LogP contribution >= 0.6 is 0 Å². The zero-order chi connectivity index (χ0) is 5.70. The van der Waals surface area contributed by atoms with Gasteiger partial charge in [0.15, 0.2) is 0 Å². The highest BCUT2D eigenvalue weighted by Gasteiger charge is 1.97. The molecule has 0 aromatic rings. The average Bonchev–Trinajstić information content (AvgIpc) is 1.68. The Morgan fingerprint density at radius 1 is 1.86 bits per heavy atom. The second kappa shape index (κ2) is 3.81. The Labute approximate surface area is 42.5 Å². The Kier molecular flexibility index (Phi) is 3.61. The van der Waals surface area contributed by atoms with E-state index in [2.05, 4.69) is 6.58 Å². The van der Waals surface area contributed by atoms with Gasteiger partial charge in [-0.25, -0.2) is 4.39 Å². The molecule has 0 aliphatic rings. The van der Waals surface area contributed by atoms with Crippen LogP contribution in [0.15, 0.2) is 12.7 Å². The Morgan fingerprint density at radius 3 is 2.57 bits per heavy atom. The Hall–Kier alpha value is -0.370. The van der Waals surface area contributed by atoms with E-state index in [-0.39, 0.29) is 6.42 Å². The van der Waals surface area contributed by atoms with Gasteiger partial charge in [-0.2, -0.15) is 0 Å². The fraction of sp³-hybridized carbons (Fsp3) is 0.600. The summed E-state index contributed by atoms with van der Waals surface area (Å²) in [4.78, 5) is 0. The molecule has 1 N–H and O–H groups in total. The summed E-state index contributed by atoms with van der Waals surface area (Å²) in [6, 6.07) is 0. The third-order valence-corrected chi connectivity index (χ3v) is 0.621. The van der Waals surface area contributed by atoms with Crippen molar-refractivity contribution in [2.24, 2.45) is 0 Å². The SMILES string of the molecule is C=CC[C@H](F)CO. The van der Waals surface area contributed by atoms with E-state index in [0.717, 1.165) is 0 Å². The van der Waals surface area contributed by atoms with E-state index in [1.807, 2.05) is 0 Å². The lowest BCUT2D eigenvalue weighted by molar-refractivity contribution is 0.180. The number of hydrogen-bond acceptors (Lipinski definition) is 1. The molecular formula is C5H9FO. The molecule has 2 heteroatoms. The van der Waals surface area contributed by atoms with E-state index in [1.165, 1.54) is 6.08 Å². The minimum absolute atomic E-state index is 0.247. The quantitative estimate of drug-likeness (QED) is 0.527. The first-order valence-electron chi connectivity index (χ1n) is 2.17. The molecule has 0 amide bonds. The van der Waals surface area contributed by atoms with Gasteiger partial charge in [0.1, 0.15) is 6.17 Å². The maximum atomic E-state index is 11.8. The van der Waals surface area contributed by atoms with Crippen molar-refractivity contribution in [3.63, 3.8) is 0 Å². The fourth-order valence-electron chi connectivity index (χ4n) is 0.255. The van der Waals surface area contributed by atoms with E-state index in [1.54, 1.807) is 0 Å². The van der Waals surface area contributed by atoms with E-state index >= 15 is 0 Å². The molecule has 0 aromatic carbocycles. The minimum atomic E-state index is -1.11. The van der Waals surface area contributed by atoms with Crippen LogP contribution in [-0.2, 0) is 0 Å². The third-order valence-electron chi connectivity index (χ3n) is 0.621. The van der Waals surface area contributed by atoms with Crippen LogP contribution in [0.2, 0.25) is 0 Å². The van der Waals surface area contributed by atoms with Gasteiger partial charge < -0.3 is 5.11 Å². The fourth-order valence-corrected chi connectivity index (χ4v) is 0.255. The first-order chi connectivity index (χ1) is 3.31. The van der Waals surface area contributed by atoms with Crippen LogP contribution in [-0.4, -0.2) is 17.9 Å². The van der Waals surface area contributed by atoms with Gasteiger partial charge in [-0.05, 0) is 6.42 Å². The van der Waals surface area contributed by atoms with Crippen molar-refractivity contribution in [1.82, 2.24) is 0 Å². The lowest BCUT2D eigenvalue weighted by Gasteiger charge is -1.95. The zero-order valence-corrected chi connectivity index (χ0v) is 4.10. The predicted molar refractivity (Wildman–Crippen MR) is 26.8 cm³/mol. The lowest BCUT2D eigenvalue weighted by Crippen LogP contribution is -2.02. The predicted octanol–water partition coefficient (Wildman–Crippen LogP) is 0.893. The van der Waals surface area contributed by atoms with E-state index in [4.69, 9.17) is 5.11 Å². The summed E-state index contributed by atoms with van der Waals surface area (Å²) in [7, 11) is 0. The Bertz CT molecular complexity index is 54.0. The highest BCUT2D eigenvalue weighted by molar-refractivity contribution is 4.71. The van der Waals surface area contributed by atoms with E-state index in [0.29, 0.717) is 0 Å². The number of hydrogen-bond donors (Lipinski definition) is 1. The summed E-state index contributed by atoms with van der Waals surface area (Å²) in [5.41, 5.74) is 0. The van der Waals surface area contributed by atoms with Gasteiger partial charge in [0, 0.05) is 0 Å². The average molecular weight is 104 g/mol. The molecule has 0 saturated heterocycles. The number of aliphatic hydroxyl groups excluding tert-OH is 1. The summed E-state index contributed by atoms with van der Waals surface area (Å²) in [5, 5.41) is 8.04. The van der Waals surface area contributed by atoms with Crippen LogP contribution in [0.1, 0.15) is 6.42 Å². The summed E-state index contributed by atoms with van der Waals surface area (Å²) in [6.45, 7) is 2.90. The Morgan fingerprint density at radius 2 is 2.43 bits per heavy atom. The number of rotatable bonds is 3. The molecule has 0 unspecified atom stereocenters. The molecule has 0 heterocycles. The van der Waals surface area contributed by atoms with E-state index < -0.39 is 12.8 Å². The van der Waals surface area contributed by atoms with Crippen molar-refractivity contribution in [1.29, 1.82) is 0 Å². The molecular weight excluding hydrogens is 95.1 g/mol. The second-order valence-electron chi connectivity index (χ2n) is 1.30. The van der Waals surface area contributed by atoms with Gasteiger partial charge in [-0.3, -0.25) is 0 Å². The summed E-state index contributed by atoms with van der Waals surface area (Å²) in [5.74, 6) is 0. The maximum Gasteiger partial charge on any atom is 0.126 e. The molecule has 0 rings (SSSR count). The smallest absolute Gasteiger partial charge is 0.126 e. The largest absolute Gasteiger partial charge is 0.393 e. The number of halogens is 1. The molecule has 0 spiro atoms. The first-order valence-corrected chi connectivity index (χ1v) is 2.17. The zero-order valence-electron chi connectivity index (χ0n) is 4.10. The highest BCUT2D eigenvalue weighted by atomic mass is 19.1. The van der Waals surface area contributed by atoms with Gasteiger partial charge >= 0.3 is 0 Å². The molecule has 0 aliphatic carbocycles. The third kappa shape index (κ3) is 3.46. The summed E-state index contributed by atoms with van der Waals surface area (Å²) in [6.07, 6.45) is 0.578. The van der Waals surface area contributed by atoms with Crippen molar-refractivity contribution >= 4 is 0 Å². The normalized spacial score (nSPS) is 13.4. The number of alkyl halides is 1. The van der Waals surface area contributed by atoms with Crippen molar-refractivity contribution in [3.8, 4) is 0 Å². The molecule has 7 heavy (non-hydrogen) atoms. The monoisotopic (exact) mass is 104 g/mol. The Balaban J connectivity index is 2.98. The maximum absolute atomic E-state index is 11.8. The minimum Gasteiger partial charge on any atom is -0.393 e. The van der Waals surface area contributed by atoms with Gasteiger partial charge in [-0.1, -0.05) is 6.08 Å². The molecule has 1 nitrogen and oxygen atoms in total.